The predicted octanol–water partition coefficient (Wildman–Crippen LogP) is 2.79. The number of aromatic nitrogens is 1. The van der Waals surface area contributed by atoms with Gasteiger partial charge in [0.1, 0.15) is 0 Å². The molecule has 3 rings (SSSR count). The van der Waals surface area contributed by atoms with E-state index in [2.05, 4.69) is 15.6 Å². The third-order valence-corrected chi connectivity index (χ3v) is 4.65. The van der Waals surface area contributed by atoms with Crippen LogP contribution in [0.15, 0.2) is 30.5 Å². The Morgan fingerprint density at radius 3 is 2.80 bits per heavy atom. The molecule has 2 amide bonds. The summed E-state index contributed by atoms with van der Waals surface area (Å²) in [6.07, 6.45) is 2.61. The summed E-state index contributed by atoms with van der Waals surface area (Å²) >= 11 is 0. The fourth-order valence-electron chi connectivity index (χ4n) is 3.45. The Morgan fingerprint density at radius 1 is 1.24 bits per heavy atom. The quantitative estimate of drug-likeness (QED) is 0.881. The summed E-state index contributed by atoms with van der Waals surface area (Å²) in [7, 11) is 0. The number of benzene rings is 1. The molecule has 2 aromatic rings. The number of rotatable bonds is 5. The number of nitrogens with one attached hydrogen (secondary N) is 2. The van der Waals surface area contributed by atoms with Crippen molar-refractivity contribution in [1.29, 1.82) is 0 Å². The van der Waals surface area contributed by atoms with E-state index in [4.69, 9.17) is 0 Å². The number of carbonyl (C=O) groups is 2. The monoisotopic (exact) mass is 337 g/mol. The summed E-state index contributed by atoms with van der Waals surface area (Å²) in [6, 6.07) is 7.92. The Bertz CT molecular complexity index is 830. The van der Waals surface area contributed by atoms with Crippen LogP contribution in [0.1, 0.15) is 40.3 Å². The number of aryl methyl sites for hydroxylation is 3. The number of pyridine rings is 1. The van der Waals surface area contributed by atoms with E-state index < -0.39 is 5.92 Å². The molecule has 1 aromatic heterocycles. The van der Waals surface area contributed by atoms with Gasteiger partial charge >= 0.3 is 0 Å². The minimum absolute atomic E-state index is 0.0978. The third kappa shape index (κ3) is 3.71. The van der Waals surface area contributed by atoms with E-state index in [-0.39, 0.29) is 18.2 Å². The summed E-state index contributed by atoms with van der Waals surface area (Å²) in [5.74, 6) is -0.617. The molecule has 1 aliphatic rings. The maximum absolute atomic E-state index is 12.3. The van der Waals surface area contributed by atoms with Crippen LogP contribution in [-0.2, 0) is 16.0 Å². The number of anilines is 1. The fourth-order valence-corrected chi connectivity index (χ4v) is 3.45. The lowest BCUT2D eigenvalue weighted by Gasteiger charge is -2.12. The molecule has 0 bridgehead atoms. The van der Waals surface area contributed by atoms with E-state index in [1.54, 1.807) is 6.20 Å². The number of nitrogens with zero attached hydrogens (tertiary/aromatic N) is 1. The second-order valence-corrected chi connectivity index (χ2v) is 6.66. The molecule has 25 heavy (non-hydrogen) atoms. The molecule has 2 heterocycles. The highest BCUT2D eigenvalue weighted by Gasteiger charge is 2.33. The zero-order chi connectivity index (χ0) is 18.0. The summed E-state index contributed by atoms with van der Waals surface area (Å²) < 4.78 is 0. The van der Waals surface area contributed by atoms with Crippen molar-refractivity contribution in [3.63, 3.8) is 0 Å². The van der Waals surface area contributed by atoms with Crippen molar-refractivity contribution in [3.8, 4) is 0 Å². The molecular weight excluding hydrogens is 314 g/mol. The molecule has 1 atom stereocenters. The van der Waals surface area contributed by atoms with Gasteiger partial charge in [0.25, 0.3) is 0 Å². The first kappa shape index (κ1) is 17.1. The van der Waals surface area contributed by atoms with Crippen molar-refractivity contribution in [2.24, 2.45) is 0 Å². The highest BCUT2D eigenvalue weighted by atomic mass is 16.2. The fraction of sp³-hybridized carbons (Fsp3) is 0.350. The molecule has 0 radical (unpaired) electrons. The van der Waals surface area contributed by atoms with Crippen LogP contribution >= 0.6 is 0 Å². The van der Waals surface area contributed by atoms with Gasteiger partial charge in [-0.25, -0.2) is 0 Å². The minimum atomic E-state index is -0.410. The van der Waals surface area contributed by atoms with Crippen LogP contribution in [0.2, 0.25) is 0 Å². The Morgan fingerprint density at radius 2 is 2.04 bits per heavy atom. The largest absolute Gasteiger partial charge is 0.356 e. The summed E-state index contributed by atoms with van der Waals surface area (Å²) in [5, 5.41) is 5.80. The molecule has 0 aliphatic carbocycles. The van der Waals surface area contributed by atoms with Crippen molar-refractivity contribution in [2.45, 2.75) is 39.5 Å². The molecule has 1 unspecified atom stereocenters. The van der Waals surface area contributed by atoms with Crippen molar-refractivity contribution in [2.75, 3.05) is 11.9 Å². The lowest BCUT2D eigenvalue weighted by Crippen LogP contribution is -2.29. The Hall–Kier alpha value is -2.69. The maximum Gasteiger partial charge on any atom is 0.232 e. The van der Waals surface area contributed by atoms with Crippen LogP contribution in [0.4, 0.5) is 5.69 Å². The Balaban J connectivity index is 1.61. The topological polar surface area (TPSA) is 71.1 Å². The summed E-state index contributed by atoms with van der Waals surface area (Å²) in [5.41, 5.74) is 6.04. The van der Waals surface area contributed by atoms with Crippen LogP contribution in [0.25, 0.3) is 0 Å². The average molecular weight is 337 g/mol. The number of fused-ring (bicyclic) bond motifs is 1. The number of amides is 2. The summed E-state index contributed by atoms with van der Waals surface area (Å²) in [4.78, 5) is 28.9. The molecule has 1 aromatic carbocycles. The smallest absolute Gasteiger partial charge is 0.232 e. The normalized spacial score (nSPS) is 15.6. The minimum Gasteiger partial charge on any atom is -0.356 e. The number of hydrogen-bond acceptors (Lipinski definition) is 3. The molecule has 5 nitrogen and oxygen atoms in total. The van der Waals surface area contributed by atoms with Gasteiger partial charge in [0, 0.05) is 37.0 Å². The van der Waals surface area contributed by atoms with Crippen molar-refractivity contribution >= 4 is 17.5 Å². The van der Waals surface area contributed by atoms with Gasteiger partial charge in [-0.15, -0.1) is 0 Å². The van der Waals surface area contributed by atoms with Gasteiger partial charge in [0.2, 0.25) is 11.8 Å². The van der Waals surface area contributed by atoms with Crippen LogP contribution in [0.3, 0.4) is 0 Å². The van der Waals surface area contributed by atoms with E-state index in [0.29, 0.717) is 13.0 Å². The molecule has 0 saturated carbocycles. The van der Waals surface area contributed by atoms with Crippen molar-refractivity contribution in [1.82, 2.24) is 10.3 Å². The van der Waals surface area contributed by atoms with Gasteiger partial charge in [0.05, 0.1) is 5.92 Å². The maximum atomic E-state index is 12.3. The standard InChI is InChI=1S/C20H23N3O2/c1-12-9-14(3)19-15(20(25)23-17(19)10-12)11-18(24)22-8-6-16-13(2)5-4-7-21-16/h4-5,7,9-10,15H,6,8,11H2,1-3H3,(H,22,24)(H,23,25). The molecule has 130 valence electrons. The first-order valence-electron chi connectivity index (χ1n) is 8.55. The van der Waals surface area contributed by atoms with E-state index in [0.717, 1.165) is 33.6 Å². The van der Waals surface area contributed by atoms with Gasteiger partial charge in [-0.2, -0.15) is 0 Å². The van der Waals surface area contributed by atoms with E-state index >= 15 is 0 Å². The van der Waals surface area contributed by atoms with Crippen LogP contribution < -0.4 is 10.6 Å². The number of carbonyl (C=O) groups excluding carboxylic acids is 2. The van der Waals surface area contributed by atoms with Gasteiger partial charge < -0.3 is 10.6 Å². The second kappa shape index (κ2) is 7.05. The molecular formula is C20H23N3O2. The van der Waals surface area contributed by atoms with E-state index in [1.807, 2.05) is 45.0 Å². The highest BCUT2D eigenvalue weighted by molar-refractivity contribution is 6.05. The van der Waals surface area contributed by atoms with E-state index in [1.165, 1.54) is 0 Å². The predicted molar refractivity (Wildman–Crippen MR) is 97.6 cm³/mol. The molecule has 0 spiro atoms. The van der Waals surface area contributed by atoms with Gasteiger partial charge in [-0.1, -0.05) is 12.1 Å². The molecule has 5 heteroatoms. The van der Waals surface area contributed by atoms with Crippen molar-refractivity contribution in [3.05, 3.63) is 58.4 Å². The zero-order valence-corrected chi connectivity index (χ0v) is 14.8. The Labute approximate surface area is 147 Å². The van der Waals surface area contributed by atoms with Gasteiger partial charge in [-0.05, 0) is 55.2 Å². The average Bonchev–Trinajstić information content (AvgIpc) is 2.85. The molecule has 1 aliphatic heterocycles. The van der Waals surface area contributed by atoms with Crippen LogP contribution in [-0.4, -0.2) is 23.3 Å². The van der Waals surface area contributed by atoms with Crippen molar-refractivity contribution < 1.29 is 9.59 Å². The zero-order valence-electron chi connectivity index (χ0n) is 14.8. The first-order chi connectivity index (χ1) is 12.0. The SMILES string of the molecule is Cc1cc(C)c2c(c1)NC(=O)C2CC(=O)NCCc1ncccc1C. The van der Waals surface area contributed by atoms with Gasteiger partial charge in [0.15, 0.2) is 0 Å². The third-order valence-electron chi connectivity index (χ3n) is 4.65. The summed E-state index contributed by atoms with van der Waals surface area (Å²) in [6.45, 7) is 6.51. The van der Waals surface area contributed by atoms with Gasteiger partial charge in [-0.3, -0.25) is 14.6 Å². The first-order valence-corrected chi connectivity index (χ1v) is 8.55. The molecule has 2 N–H and O–H groups in total. The van der Waals surface area contributed by atoms with E-state index in [9.17, 15) is 9.59 Å². The lowest BCUT2D eigenvalue weighted by atomic mass is 9.92. The molecule has 0 fully saturated rings. The molecule has 0 saturated heterocycles. The Kier molecular flexibility index (Phi) is 4.83. The highest BCUT2D eigenvalue weighted by Crippen LogP contribution is 2.37. The van der Waals surface area contributed by atoms with Crippen LogP contribution in [0.5, 0.6) is 0 Å². The number of hydrogen-bond donors (Lipinski definition) is 2. The second-order valence-electron chi connectivity index (χ2n) is 6.66. The van der Waals surface area contributed by atoms with Crippen LogP contribution in [0, 0.1) is 20.8 Å². The lowest BCUT2D eigenvalue weighted by molar-refractivity contribution is -0.125.